The van der Waals surface area contributed by atoms with Crippen LogP contribution in [0.5, 0.6) is 0 Å². The molecule has 0 aromatic heterocycles. The lowest BCUT2D eigenvalue weighted by Gasteiger charge is -2.24. The molecule has 0 unspecified atom stereocenters. The molecule has 0 atom stereocenters. The molecule has 0 heterocycles. The van der Waals surface area contributed by atoms with Crippen LogP contribution >= 0.6 is 0 Å². The van der Waals surface area contributed by atoms with Crippen molar-refractivity contribution in [3.05, 3.63) is 132 Å². The Morgan fingerprint density at radius 1 is 0.410 bits per heavy atom. The molecule has 0 nitrogen and oxygen atoms in total. The maximum absolute atomic E-state index is 2.48. The van der Waals surface area contributed by atoms with E-state index in [-0.39, 0.29) is 5.41 Å². The Bertz CT molecular complexity index is 2160. The molecular formula is C39H26. The summed E-state index contributed by atoms with van der Waals surface area (Å²) < 4.78 is 0. The zero-order valence-corrected chi connectivity index (χ0v) is 22.0. The molecule has 0 N–H and O–H groups in total. The van der Waals surface area contributed by atoms with Crippen LogP contribution in [0.25, 0.3) is 76.8 Å². The Hall–Kier alpha value is -4.68. The number of rotatable bonds is 1. The first-order chi connectivity index (χ1) is 19.1. The Kier molecular flexibility index (Phi) is 3.95. The molecule has 7 aromatic rings. The van der Waals surface area contributed by atoms with Gasteiger partial charge in [0, 0.05) is 5.41 Å². The van der Waals surface area contributed by atoms with Crippen molar-refractivity contribution in [3.8, 4) is 44.5 Å². The third kappa shape index (κ3) is 2.59. The summed E-state index contributed by atoms with van der Waals surface area (Å²) in [7, 11) is 0. The van der Waals surface area contributed by atoms with Crippen molar-refractivity contribution in [1.29, 1.82) is 0 Å². The second-order valence-corrected chi connectivity index (χ2v) is 11.7. The van der Waals surface area contributed by atoms with Gasteiger partial charge in [0.1, 0.15) is 0 Å². The Morgan fingerprint density at radius 2 is 0.949 bits per heavy atom. The van der Waals surface area contributed by atoms with Crippen LogP contribution in [0.2, 0.25) is 0 Å². The second kappa shape index (κ2) is 7.24. The third-order valence-corrected chi connectivity index (χ3v) is 9.38. The SMILES string of the molecule is CC1(C)c2cc(-c3ccc4c5c(cccc35)-c3ccccc3-4)ccc2-c2c1c1ccccc1c1ccccc21. The van der Waals surface area contributed by atoms with E-state index in [0.29, 0.717) is 0 Å². The maximum Gasteiger partial charge on any atom is 0.0165 e. The van der Waals surface area contributed by atoms with Gasteiger partial charge in [0.15, 0.2) is 0 Å². The predicted molar refractivity (Wildman–Crippen MR) is 166 cm³/mol. The molecule has 0 saturated heterocycles. The lowest BCUT2D eigenvalue weighted by atomic mass is 9.78. The van der Waals surface area contributed by atoms with Crippen molar-refractivity contribution < 1.29 is 0 Å². The first-order valence-corrected chi connectivity index (χ1v) is 13.9. The van der Waals surface area contributed by atoms with Gasteiger partial charge in [-0.25, -0.2) is 0 Å². The smallest absolute Gasteiger partial charge is 0.0165 e. The van der Waals surface area contributed by atoms with Crippen molar-refractivity contribution >= 4 is 32.3 Å². The first kappa shape index (κ1) is 21.3. The molecular weight excluding hydrogens is 468 g/mol. The highest BCUT2D eigenvalue weighted by Crippen LogP contribution is 2.56. The standard InChI is InChI=1S/C39H26/c1-39(2)35-22-23(24-20-21-32-26-11-4-3-10-25(26)30-17-9-16-29(24)36(30)32)18-19-34(35)37-31-14-7-5-12-27(31)28-13-6-8-15-33(28)38(37)39/h3-22H,1-2H3. The van der Waals surface area contributed by atoms with Crippen LogP contribution in [0.1, 0.15) is 25.0 Å². The van der Waals surface area contributed by atoms with Crippen molar-refractivity contribution in [2.24, 2.45) is 0 Å². The van der Waals surface area contributed by atoms with Gasteiger partial charge in [-0.1, -0.05) is 129 Å². The molecule has 7 aromatic carbocycles. The fourth-order valence-corrected chi connectivity index (χ4v) is 7.71. The van der Waals surface area contributed by atoms with Gasteiger partial charge < -0.3 is 0 Å². The van der Waals surface area contributed by atoms with Gasteiger partial charge in [-0.05, 0) is 94.0 Å². The summed E-state index contributed by atoms with van der Waals surface area (Å²) in [5.41, 5.74) is 13.6. The highest BCUT2D eigenvalue weighted by Gasteiger charge is 2.38. The van der Waals surface area contributed by atoms with E-state index in [9.17, 15) is 0 Å². The molecule has 39 heavy (non-hydrogen) atoms. The van der Waals surface area contributed by atoms with Crippen LogP contribution in [-0.4, -0.2) is 0 Å². The highest BCUT2D eigenvalue weighted by atomic mass is 14.4. The number of benzene rings is 7. The van der Waals surface area contributed by atoms with Crippen molar-refractivity contribution in [2.75, 3.05) is 0 Å². The minimum atomic E-state index is -0.102. The van der Waals surface area contributed by atoms with Gasteiger partial charge in [0.25, 0.3) is 0 Å². The summed E-state index contributed by atoms with van der Waals surface area (Å²) in [6.45, 7) is 4.82. The van der Waals surface area contributed by atoms with Crippen LogP contribution in [-0.2, 0) is 5.41 Å². The largest absolute Gasteiger partial charge is 0.0616 e. The van der Waals surface area contributed by atoms with E-state index in [1.807, 2.05) is 0 Å². The molecule has 0 bridgehead atoms. The van der Waals surface area contributed by atoms with Gasteiger partial charge in [0.05, 0.1) is 0 Å². The van der Waals surface area contributed by atoms with Crippen molar-refractivity contribution in [2.45, 2.75) is 19.3 Å². The summed E-state index contributed by atoms with van der Waals surface area (Å²) in [6.07, 6.45) is 0. The monoisotopic (exact) mass is 494 g/mol. The van der Waals surface area contributed by atoms with Gasteiger partial charge in [-0.2, -0.15) is 0 Å². The minimum absolute atomic E-state index is 0.102. The minimum Gasteiger partial charge on any atom is -0.0616 e. The third-order valence-electron chi connectivity index (χ3n) is 9.38. The predicted octanol–water partition coefficient (Wildman–Crippen LogP) is 10.8. The molecule has 0 radical (unpaired) electrons. The van der Waals surface area contributed by atoms with Gasteiger partial charge in [-0.3, -0.25) is 0 Å². The van der Waals surface area contributed by atoms with Gasteiger partial charge in [-0.15, -0.1) is 0 Å². The van der Waals surface area contributed by atoms with Crippen LogP contribution in [0, 0.1) is 0 Å². The summed E-state index contributed by atoms with van der Waals surface area (Å²) in [6, 6.07) is 45.4. The molecule has 0 heteroatoms. The maximum atomic E-state index is 2.48. The lowest BCUT2D eigenvalue weighted by molar-refractivity contribution is 0.667. The Morgan fingerprint density at radius 3 is 1.72 bits per heavy atom. The van der Waals surface area contributed by atoms with E-state index in [1.165, 1.54) is 88.0 Å². The average Bonchev–Trinajstić information content (AvgIpc) is 3.43. The van der Waals surface area contributed by atoms with Crippen molar-refractivity contribution in [3.63, 3.8) is 0 Å². The molecule has 9 rings (SSSR count). The van der Waals surface area contributed by atoms with Gasteiger partial charge >= 0.3 is 0 Å². The summed E-state index contributed by atoms with van der Waals surface area (Å²) in [4.78, 5) is 0. The van der Waals surface area contributed by atoms with E-state index in [2.05, 4.69) is 135 Å². The molecule has 0 aliphatic heterocycles. The lowest BCUT2D eigenvalue weighted by Crippen LogP contribution is -2.15. The van der Waals surface area contributed by atoms with Crippen LogP contribution in [0.3, 0.4) is 0 Å². The number of hydrogen-bond acceptors (Lipinski definition) is 0. The quantitative estimate of drug-likeness (QED) is 0.199. The van der Waals surface area contributed by atoms with Crippen molar-refractivity contribution in [1.82, 2.24) is 0 Å². The zero-order chi connectivity index (χ0) is 25.9. The molecule has 182 valence electrons. The van der Waals surface area contributed by atoms with E-state index in [4.69, 9.17) is 0 Å². The van der Waals surface area contributed by atoms with E-state index < -0.39 is 0 Å². The molecule has 0 saturated carbocycles. The van der Waals surface area contributed by atoms with Crippen LogP contribution < -0.4 is 0 Å². The fraction of sp³-hybridized carbons (Fsp3) is 0.0769. The first-order valence-electron chi connectivity index (χ1n) is 13.9. The molecule has 2 aliphatic rings. The second-order valence-electron chi connectivity index (χ2n) is 11.7. The fourth-order valence-electron chi connectivity index (χ4n) is 7.71. The van der Waals surface area contributed by atoms with Crippen LogP contribution in [0.4, 0.5) is 0 Å². The summed E-state index contributed by atoms with van der Waals surface area (Å²) in [5.74, 6) is 0. The van der Waals surface area contributed by atoms with E-state index in [0.717, 1.165) is 0 Å². The average molecular weight is 495 g/mol. The molecule has 0 amide bonds. The van der Waals surface area contributed by atoms with Gasteiger partial charge in [0.2, 0.25) is 0 Å². The zero-order valence-electron chi connectivity index (χ0n) is 22.0. The molecule has 0 spiro atoms. The number of fused-ring (bicyclic) bond motifs is 11. The summed E-state index contributed by atoms with van der Waals surface area (Å²) in [5, 5.41) is 8.14. The highest BCUT2D eigenvalue weighted by molar-refractivity contribution is 6.20. The topological polar surface area (TPSA) is 0 Å². The molecule has 2 aliphatic carbocycles. The Labute approximate surface area is 228 Å². The van der Waals surface area contributed by atoms with E-state index in [1.54, 1.807) is 0 Å². The Balaban J connectivity index is 1.32. The van der Waals surface area contributed by atoms with Crippen LogP contribution in [0.15, 0.2) is 121 Å². The normalized spacial score (nSPS) is 14.1. The summed E-state index contributed by atoms with van der Waals surface area (Å²) >= 11 is 0. The number of hydrogen-bond donors (Lipinski definition) is 0. The molecule has 0 fully saturated rings. The van der Waals surface area contributed by atoms with E-state index >= 15 is 0 Å².